The van der Waals surface area contributed by atoms with Crippen LogP contribution in [-0.2, 0) is 47.7 Å². The number of nitrogens with zero attached hydrogens (tertiary/aromatic N) is 3. The number of esters is 4. The minimum absolute atomic E-state index is 0.110. The molecule has 1 fully saturated rings. The van der Waals surface area contributed by atoms with Gasteiger partial charge in [-0.05, 0) is 18.2 Å². The molecule has 0 aliphatic carbocycles. The first-order valence-corrected chi connectivity index (χ1v) is 12.3. The third-order valence-corrected chi connectivity index (χ3v) is 6.36. The smallest absolute Gasteiger partial charge is 0.303 e. The van der Waals surface area contributed by atoms with Gasteiger partial charge in [0, 0.05) is 40.9 Å². The number of hydrogen-bond donors (Lipinski definition) is 0. The lowest BCUT2D eigenvalue weighted by Crippen LogP contribution is -2.61. The molecule has 0 unspecified atom stereocenters. The fourth-order valence-corrected chi connectivity index (χ4v) is 4.82. The van der Waals surface area contributed by atoms with Gasteiger partial charge in [-0.1, -0.05) is 17.8 Å². The number of amides is 1. The van der Waals surface area contributed by atoms with Crippen molar-refractivity contribution in [3.63, 3.8) is 0 Å². The Morgan fingerprint density at radius 1 is 0.974 bits per heavy atom. The summed E-state index contributed by atoms with van der Waals surface area (Å²) in [6.07, 6.45) is -1.90. The molecule has 1 saturated heterocycles. The largest absolute Gasteiger partial charge is 0.463 e. The van der Waals surface area contributed by atoms with E-state index in [1.54, 1.807) is 24.4 Å². The number of pyridine rings is 1. The third kappa shape index (κ3) is 7.38. The molecule has 3 rings (SSSR count). The Hall–Kier alpha value is -3.78. The van der Waals surface area contributed by atoms with E-state index < -0.39 is 59.6 Å². The van der Waals surface area contributed by atoms with Crippen molar-refractivity contribution in [2.24, 2.45) is 4.99 Å². The number of aromatic nitrogens is 1. The van der Waals surface area contributed by atoms with Crippen molar-refractivity contribution in [1.29, 1.82) is 0 Å². The number of aliphatic imine (C=N–C) groups is 1. The number of amidine groups is 1. The van der Waals surface area contributed by atoms with Crippen LogP contribution in [0.1, 0.15) is 33.4 Å². The van der Waals surface area contributed by atoms with Crippen molar-refractivity contribution in [2.45, 2.75) is 57.5 Å². The lowest BCUT2D eigenvalue weighted by Gasteiger charge is -2.44. The lowest BCUT2D eigenvalue weighted by atomic mass is 9.99. The van der Waals surface area contributed by atoms with E-state index in [0.29, 0.717) is 5.69 Å². The highest BCUT2D eigenvalue weighted by Gasteiger charge is 2.53. The predicted molar refractivity (Wildman–Crippen MR) is 132 cm³/mol. The molecule has 2 aliphatic rings. The summed E-state index contributed by atoms with van der Waals surface area (Å²) in [6, 6.07) is 5.21. The molecule has 5 atom stereocenters. The molecular weight excluding hydrogens is 522 g/mol. The molecule has 1 aromatic rings. The van der Waals surface area contributed by atoms with Gasteiger partial charge in [0.1, 0.15) is 18.4 Å². The summed E-state index contributed by atoms with van der Waals surface area (Å²) in [5.41, 5.74) is -0.482. The number of thioether (sulfide) groups is 1. The van der Waals surface area contributed by atoms with E-state index in [0.717, 1.165) is 32.5 Å². The van der Waals surface area contributed by atoms with Gasteiger partial charge in [0.15, 0.2) is 28.9 Å². The van der Waals surface area contributed by atoms with E-state index in [9.17, 15) is 24.0 Å². The van der Waals surface area contributed by atoms with Crippen LogP contribution in [0.4, 0.5) is 0 Å². The topological polar surface area (TPSA) is 160 Å². The second kappa shape index (κ2) is 12.6. The second-order valence-corrected chi connectivity index (χ2v) is 9.29. The van der Waals surface area contributed by atoms with Crippen LogP contribution in [0.2, 0.25) is 0 Å². The van der Waals surface area contributed by atoms with Gasteiger partial charge < -0.3 is 23.7 Å². The number of carbonyl (C=O) groups excluding carboxylic acids is 5. The zero-order valence-corrected chi connectivity index (χ0v) is 22.1. The van der Waals surface area contributed by atoms with Gasteiger partial charge in [0.25, 0.3) is 5.91 Å². The molecule has 0 saturated carbocycles. The number of rotatable bonds is 7. The molecule has 0 aromatic carbocycles. The second-order valence-electron chi connectivity index (χ2n) is 8.23. The number of ether oxygens (including phenoxy) is 5. The van der Waals surface area contributed by atoms with Gasteiger partial charge >= 0.3 is 23.9 Å². The van der Waals surface area contributed by atoms with Crippen molar-refractivity contribution < 1.29 is 47.7 Å². The van der Waals surface area contributed by atoms with Crippen LogP contribution >= 0.6 is 11.8 Å². The van der Waals surface area contributed by atoms with Crippen molar-refractivity contribution in [3.05, 3.63) is 35.8 Å². The van der Waals surface area contributed by atoms with Gasteiger partial charge in [-0.2, -0.15) is 0 Å². The van der Waals surface area contributed by atoms with Crippen LogP contribution in [0.5, 0.6) is 0 Å². The molecule has 14 heteroatoms. The summed E-state index contributed by atoms with van der Waals surface area (Å²) < 4.78 is 27.4. The van der Waals surface area contributed by atoms with E-state index in [-0.39, 0.29) is 17.5 Å². The van der Waals surface area contributed by atoms with E-state index >= 15 is 0 Å². The standard InChI is InChI=1S/C24H27N3O10S/c1-12(28)33-11-18-19(34-13(2)29)20(35-14(3)30)21(36-15(4)31)23(37-18)38-24-26-17(22(32)27(24)5)10-16-8-6-7-9-25-16/h6-10,18-21,23H,11H2,1-5H3/b17-10-/t18-,19-,20+,21-,23+/m1/s1. The average molecular weight is 550 g/mol. The molecule has 0 radical (unpaired) electrons. The van der Waals surface area contributed by atoms with Crippen molar-refractivity contribution in [2.75, 3.05) is 13.7 Å². The van der Waals surface area contributed by atoms with Gasteiger partial charge in [0.2, 0.25) is 0 Å². The first kappa shape index (κ1) is 28.8. The first-order chi connectivity index (χ1) is 18.0. The molecule has 1 aromatic heterocycles. The minimum Gasteiger partial charge on any atom is -0.463 e. The Kier molecular flexibility index (Phi) is 9.58. The fourth-order valence-electron chi connectivity index (χ4n) is 3.67. The van der Waals surface area contributed by atoms with Crippen LogP contribution in [0.15, 0.2) is 35.1 Å². The molecule has 3 heterocycles. The number of likely N-dealkylation sites (N-methyl/N-ethyl adjacent to an activating group) is 1. The van der Waals surface area contributed by atoms with E-state index in [1.165, 1.54) is 24.9 Å². The van der Waals surface area contributed by atoms with Gasteiger partial charge in [-0.3, -0.25) is 33.9 Å². The van der Waals surface area contributed by atoms with Crippen LogP contribution in [0, 0.1) is 0 Å². The first-order valence-electron chi connectivity index (χ1n) is 11.4. The number of carbonyl (C=O) groups is 5. The zero-order valence-electron chi connectivity index (χ0n) is 21.3. The van der Waals surface area contributed by atoms with Gasteiger partial charge in [-0.25, -0.2) is 4.99 Å². The van der Waals surface area contributed by atoms with Crippen molar-refractivity contribution in [3.8, 4) is 0 Å². The summed E-state index contributed by atoms with van der Waals surface area (Å²) in [5, 5.41) is 0.193. The normalized spacial score (nSPS) is 26.0. The molecule has 13 nitrogen and oxygen atoms in total. The molecule has 204 valence electrons. The van der Waals surface area contributed by atoms with Gasteiger partial charge in [0.05, 0.1) is 5.69 Å². The van der Waals surface area contributed by atoms with Crippen molar-refractivity contribution in [1.82, 2.24) is 9.88 Å². The molecule has 38 heavy (non-hydrogen) atoms. The maximum Gasteiger partial charge on any atom is 0.303 e. The Morgan fingerprint density at radius 3 is 2.18 bits per heavy atom. The highest BCUT2D eigenvalue weighted by molar-refractivity contribution is 8.14. The Bertz CT molecular complexity index is 1160. The summed E-state index contributed by atoms with van der Waals surface area (Å²) in [5.74, 6) is -3.24. The van der Waals surface area contributed by atoms with Crippen LogP contribution in [0.3, 0.4) is 0 Å². The molecule has 0 bridgehead atoms. The number of hydrogen-bond acceptors (Lipinski definition) is 13. The van der Waals surface area contributed by atoms with Crippen LogP contribution in [-0.4, -0.2) is 88.3 Å². The van der Waals surface area contributed by atoms with E-state index in [1.807, 2.05) is 0 Å². The summed E-state index contributed by atoms with van der Waals surface area (Å²) >= 11 is 0.916. The average Bonchev–Trinajstić information content (AvgIpc) is 3.09. The molecule has 1 amide bonds. The Balaban J connectivity index is 1.98. The fraction of sp³-hybridized carbons (Fsp3) is 0.458. The maximum atomic E-state index is 12.8. The van der Waals surface area contributed by atoms with E-state index in [2.05, 4.69) is 9.98 Å². The van der Waals surface area contributed by atoms with Crippen molar-refractivity contribution >= 4 is 52.8 Å². The Morgan fingerprint density at radius 2 is 1.61 bits per heavy atom. The maximum absolute atomic E-state index is 12.8. The predicted octanol–water partition coefficient (Wildman–Crippen LogP) is 1.07. The zero-order chi connectivity index (χ0) is 28.0. The highest BCUT2D eigenvalue weighted by Crippen LogP contribution is 2.37. The molecule has 2 aliphatic heterocycles. The lowest BCUT2D eigenvalue weighted by molar-refractivity contribution is -0.237. The molecule has 0 spiro atoms. The van der Waals surface area contributed by atoms with Gasteiger partial charge in [-0.15, -0.1) is 0 Å². The minimum atomic E-state index is -1.32. The Labute approximate surface area is 222 Å². The SMILES string of the molecule is CC(=O)OC[C@H]1O[C@@H](SC2=N/C(=C\c3ccccn3)C(=O)N2C)[C@H](OC(C)=O)[C@@H](OC(C)=O)[C@@H]1OC(C)=O. The highest BCUT2D eigenvalue weighted by atomic mass is 32.2. The third-order valence-electron chi connectivity index (χ3n) is 5.17. The summed E-state index contributed by atoms with van der Waals surface area (Å²) in [6.45, 7) is 4.25. The van der Waals surface area contributed by atoms with Crippen LogP contribution < -0.4 is 0 Å². The monoisotopic (exact) mass is 549 g/mol. The van der Waals surface area contributed by atoms with E-state index in [4.69, 9.17) is 23.7 Å². The quantitative estimate of drug-likeness (QED) is 0.271. The molecular formula is C24H27N3O10S. The summed E-state index contributed by atoms with van der Waals surface area (Å²) in [7, 11) is 1.50. The van der Waals surface area contributed by atoms with Crippen LogP contribution in [0.25, 0.3) is 6.08 Å². The molecule has 0 N–H and O–H groups in total. The summed E-state index contributed by atoms with van der Waals surface area (Å²) in [4.78, 5) is 70.0.